The summed E-state index contributed by atoms with van der Waals surface area (Å²) in [4.78, 5) is 0. The average Bonchev–Trinajstić information content (AvgIpc) is 2.45. The molecular formula is C18H21F2N. The minimum Gasteiger partial charge on any atom is -0.310 e. The van der Waals surface area contributed by atoms with Crippen molar-refractivity contribution in [2.24, 2.45) is 0 Å². The number of benzene rings is 2. The topological polar surface area (TPSA) is 12.0 Å². The van der Waals surface area contributed by atoms with E-state index in [1.165, 1.54) is 17.7 Å². The molecule has 0 amide bonds. The van der Waals surface area contributed by atoms with Gasteiger partial charge in [0.05, 0.1) is 0 Å². The monoisotopic (exact) mass is 289 g/mol. The van der Waals surface area contributed by atoms with Gasteiger partial charge in [0.2, 0.25) is 0 Å². The molecule has 21 heavy (non-hydrogen) atoms. The van der Waals surface area contributed by atoms with Crippen LogP contribution in [-0.4, -0.2) is 6.54 Å². The molecule has 0 fully saturated rings. The highest BCUT2D eigenvalue weighted by molar-refractivity contribution is 5.30. The third kappa shape index (κ3) is 3.88. The third-order valence-corrected chi connectivity index (χ3v) is 3.66. The summed E-state index contributed by atoms with van der Waals surface area (Å²) in [5.74, 6) is -0.717. The molecule has 0 aliphatic carbocycles. The highest BCUT2D eigenvalue weighted by Gasteiger charge is 2.17. The molecule has 0 saturated heterocycles. The fourth-order valence-corrected chi connectivity index (χ4v) is 2.43. The van der Waals surface area contributed by atoms with E-state index < -0.39 is 0 Å². The molecule has 1 atom stereocenters. The quantitative estimate of drug-likeness (QED) is 0.856. The van der Waals surface area contributed by atoms with Gasteiger partial charge in [-0.1, -0.05) is 36.8 Å². The first-order valence-corrected chi connectivity index (χ1v) is 7.25. The molecule has 0 aromatic heterocycles. The van der Waals surface area contributed by atoms with Crippen LogP contribution in [0.15, 0.2) is 36.4 Å². The van der Waals surface area contributed by atoms with E-state index in [2.05, 4.69) is 5.32 Å². The van der Waals surface area contributed by atoms with Gasteiger partial charge in [-0.25, -0.2) is 8.78 Å². The minimum atomic E-state index is -0.363. The largest absolute Gasteiger partial charge is 0.310 e. The second-order valence-electron chi connectivity index (χ2n) is 5.42. The third-order valence-electron chi connectivity index (χ3n) is 3.66. The molecule has 0 spiro atoms. The van der Waals surface area contributed by atoms with Crippen molar-refractivity contribution in [3.63, 3.8) is 0 Å². The van der Waals surface area contributed by atoms with Crippen LogP contribution in [0.1, 0.15) is 35.2 Å². The molecule has 112 valence electrons. The molecule has 2 aromatic carbocycles. The lowest BCUT2D eigenvalue weighted by molar-refractivity contribution is 0.500. The van der Waals surface area contributed by atoms with Gasteiger partial charge in [-0.05, 0) is 50.1 Å². The molecule has 2 aromatic rings. The zero-order valence-corrected chi connectivity index (χ0v) is 12.7. The van der Waals surface area contributed by atoms with Gasteiger partial charge in [0.1, 0.15) is 11.6 Å². The maximum absolute atomic E-state index is 14.2. The number of nitrogens with one attached hydrogen (secondary N) is 1. The first-order valence-electron chi connectivity index (χ1n) is 7.25. The fourth-order valence-electron chi connectivity index (χ4n) is 2.43. The lowest BCUT2D eigenvalue weighted by Gasteiger charge is -2.20. The van der Waals surface area contributed by atoms with Crippen LogP contribution < -0.4 is 5.32 Å². The molecule has 2 rings (SSSR count). The Morgan fingerprint density at radius 3 is 2.29 bits per heavy atom. The lowest BCUT2D eigenvalue weighted by atomic mass is 9.96. The van der Waals surface area contributed by atoms with Crippen LogP contribution in [0.2, 0.25) is 0 Å². The number of hydrogen-bond acceptors (Lipinski definition) is 1. The van der Waals surface area contributed by atoms with E-state index in [4.69, 9.17) is 0 Å². The summed E-state index contributed by atoms with van der Waals surface area (Å²) >= 11 is 0. The fraction of sp³-hybridized carbons (Fsp3) is 0.333. The maximum Gasteiger partial charge on any atom is 0.128 e. The second kappa shape index (κ2) is 6.81. The van der Waals surface area contributed by atoms with Crippen molar-refractivity contribution in [1.29, 1.82) is 0 Å². The van der Waals surface area contributed by atoms with Crippen molar-refractivity contribution in [2.75, 3.05) is 6.54 Å². The average molecular weight is 289 g/mol. The van der Waals surface area contributed by atoms with Gasteiger partial charge in [0, 0.05) is 11.6 Å². The Balaban J connectivity index is 2.30. The zero-order chi connectivity index (χ0) is 15.4. The second-order valence-corrected chi connectivity index (χ2v) is 5.42. The van der Waals surface area contributed by atoms with E-state index >= 15 is 0 Å². The zero-order valence-electron chi connectivity index (χ0n) is 12.7. The molecule has 0 aliphatic heterocycles. The molecule has 1 N–H and O–H groups in total. The molecule has 1 unspecified atom stereocenters. The maximum atomic E-state index is 14.2. The molecule has 0 bridgehead atoms. The van der Waals surface area contributed by atoms with Crippen molar-refractivity contribution in [3.05, 3.63) is 70.3 Å². The number of aryl methyl sites for hydroxylation is 2. The minimum absolute atomic E-state index is 0.229. The summed E-state index contributed by atoms with van der Waals surface area (Å²) < 4.78 is 27.9. The molecule has 1 nitrogen and oxygen atoms in total. The number of likely N-dealkylation sites (N-methyl/N-ethyl adjacent to an activating group) is 1. The Morgan fingerprint density at radius 1 is 1.00 bits per heavy atom. The van der Waals surface area contributed by atoms with Gasteiger partial charge in [-0.2, -0.15) is 0 Å². The lowest BCUT2D eigenvalue weighted by Crippen LogP contribution is -2.24. The van der Waals surface area contributed by atoms with Gasteiger partial charge in [-0.3, -0.25) is 0 Å². The van der Waals surface area contributed by atoms with E-state index in [1.54, 1.807) is 6.92 Å². The Bertz CT molecular complexity index is 605. The van der Waals surface area contributed by atoms with E-state index in [0.717, 1.165) is 5.56 Å². The van der Waals surface area contributed by atoms with Crippen molar-refractivity contribution in [3.8, 4) is 0 Å². The van der Waals surface area contributed by atoms with Gasteiger partial charge in [0.15, 0.2) is 0 Å². The molecule has 3 heteroatoms. The van der Waals surface area contributed by atoms with Gasteiger partial charge in [-0.15, -0.1) is 0 Å². The summed E-state index contributed by atoms with van der Waals surface area (Å²) in [6.07, 6.45) is 0.632. The summed E-state index contributed by atoms with van der Waals surface area (Å²) in [6.45, 7) is 6.26. The number of rotatable bonds is 5. The van der Waals surface area contributed by atoms with Crippen molar-refractivity contribution >= 4 is 0 Å². The number of halogens is 2. The predicted molar refractivity (Wildman–Crippen MR) is 82.4 cm³/mol. The van der Waals surface area contributed by atoms with Crippen molar-refractivity contribution < 1.29 is 8.78 Å². The molecule has 0 saturated carbocycles. The standard InChI is InChI=1S/C18H21F2N/c1-4-21-18(10-14-7-5-12(2)6-8-14)15-11-16(19)13(3)9-17(15)20/h5-9,11,18,21H,4,10H2,1-3H3. The number of hydrogen-bond donors (Lipinski definition) is 1. The summed E-state index contributed by atoms with van der Waals surface area (Å²) in [6, 6.07) is 10.5. The SMILES string of the molecule is CCNC(Cc1ccc(C)cc1)c1cc(F)c(C)cc1F. The molecule has 0 heterocycles. The Hall–Kier alpha value is -1.74. The first-order chi connectivity index (χ1) is 10.0. The van der Waals surface area contributed by atoms with E-state index in [9.17, 15) is 8.78 Å². The van der Waals surface area contributed by atoms with Crippen LogP contribution in [0.4, 0.5) is 8.78 Å². The van der Waals surface area contributed by atoms with Crippen LogP contribution in [0.3, 0.4) is 0 Å². The Morgan fingerprint density at radius 2 is 1.67 bits per heavy atom. The van der Waals surface area contributed by atoms with E-state index in [0.29, 0.717) is 24.1 Å². The Kier molecular flexibility index (Phi) is 5.07. The predicted octanol–water partition coefficient (Wildman–Crippen LogP) is 4.47. The van der Waals surface area contributed by atoms with Crippen LogP contribution in [0.5, 0.6) is 0 Å². The van der Waals surface area contributed by atoms with E-state index in [-0.39, 0.29) is 17.7 Å². The molecule has 0 radical (unpaired) electrons. The normalized spacial score (nSPS) is 12.4. The summed E-state index contributed by atoms with van der Waals surface area (Å²) in [7, 11) is 0. The highest BCUT2D eigenvalue weighted by Crippen LogP contribution is 2.24. The van der Waals surface area contributed by atoms with Crippen LogP contribution >= 0.6 is 0 Å². The van der Waals surface area contributed by atoms with Crippen LogP contribution in [0, 0.1) is 25.5 Å². The smallest absolute Gasteiger partial charge is 0.128 e. The van der Waals surface area contributed by atoms with Crippen LogP contribution in [-0.2, 0) is 6.42 Å². The van der Waals surface area contributed by atoms with Crippen molar-refractivity contribution in [2.45, 2.75) is 33.2 Å². The van der Waals surface area contributed by atoms with Gasteiger partial charge >= 0.3 is 0 Å². The Labute approximate surface area is 125 Å². The summed E-state index contributed by atoms with van der Waals surface area (Å²) in [5, 5.41) is 3.24. The molecular weight excluding hydrogens is 268 g/mol. The molecule has 0 aliphatic rings. The summed E-state index contributed by atoms with van der Waals surface area (Å²) in [5.41, 5.74) is 3.01. The van der Waals surface area contributed by atoms with Crippen LogP contribution in [0.25, 0.3) is 0 Å². The van der Waals surface area contributed by atoms with Gasteiger partial charge in [0.25, 0.3) is 0 Å². The highest BCUT2D eigenvalue weighted by atomic mass is 19.1. The van der Waals surface area contributed by atoms with E-state index in [1.807, 2.05) is 38.1 Å². The first kappa shape index (κ1) is 15.6. The van der Waals surface area contributed by atoms with Gasteiger partial charge < -0.3 is 5.32 Å². The van der Waals surface area contributed by atoms with Crippen molar-refractivity contribution in [1.82, 2.24) is 5.32 Å².